The van der Waals surface area contributed by atoms with E-state index >= 15 is 0 Å². The fourth-order valence-corrected chi connectivity index (χ4v) is 0.994. The van der Waals surface area contributed by atoms with Crippen molar-refractivity contribution < 1.29 is 14.7 Å². The number of hydrogen-bond acceptors (Lipinski definition) is 3. The summed E-state index contributed by atoms with van der Waals surface area (Å²) in [5.74, 6) is -1.44. The Morgan fingerprint density at radius 1 is 1.64 bits per heavy atom. The van der Waals surface area contributed by atoms with Gasteiger partial charge in [0.25, 0.3) is 5.91 Å². The number of carbonyl (C=O) groups is 2. The quantitative estimate of drug-likeness (QED) is 0.713. The monoisotopic (exact) mass is 197 g/mol. The van der Waals surface area contributed by atoms with Crippen molar-refractivity contribution in [2.45, 2.75) is 0 Å². The van der Waals surface area contributed by atoms with E-state index in [4.69, 9.17) is 5.11 Å². The smallest absolute Gasteiger partial charge is 0.323 e. The Morgan fingerprint density at radius 2 is 2.29 bits per heavy atom. The number of carboxylic acid groups (broad SMARTS) is 1. The Morgan fingerprint density at radius 3 is 2.71 bits per heavy atom. The van der Waals surface area contributed by atoms with Crippen LogP contribution < -0.4 is 0 Å². The van der Waals surface area contributed by atoms with E-state index in [1.165, 1.54) is 13.4 Å². The molecule has 0 fully saturated rings. The maximum absolute atomic E-state index is 11.5. The van der Waals surface area contributed by atoms with Crippen LogP contribution in [0.4, 0.5) is 0 Å². The lowest BCUT2D eigenvalue weighted by Gasteiger charge is -2.12. The highest BCUT2D eigenvalue weighted by molar-refractivity contribution is 5.93. The molecule has 0 aliphatic heterocycles. The Hall–Kier alpha value is -1.85. The van der Waals surface area contributed by atoms with E-state index in [0.29, 0.717) is 0 Å². The molecule has 1 heterocycles. The highest BCUT2D eigenvalue weighted by Gasteiger charge is 2.15. The van der Waals surface area contributed by atoms with Crippen LogP contribution in [0.1, 0.15) is 10.5 Å². The van der Waals surface area contributed by atoms with Gasteiger partial charge in [-0.3, -0.25) is 9.59 Å². The van der Waals surface area contributed by atoms with E-state index in [2.05, 4.69) is 4.98 Å². The zero-order valence-corrected chi connectivity index (χ0v) is 7.97. The minimum Gasteiger partial charge on any atom is -0.480 e. The van der Waals surface area contributed by atoms with Crippen molar-refractivity contribution in [2.75, 3.05) is 13.6 Å². The number of hydrogen-bond donors (Lipinski definition) is 1. The third-order valence-corrected chi connectivity index (χ3v) is 1.64. The van der Waals surface area contributed by atoms with Crippen molar-refractivity contribution in [1.29, 1.82) is 0 Å². The molecule has 0 aliphatic rings. The average molecular weight is 197 g/mol. The topological polar surface area (TPSA) is 75.4 Å². The van der Waals surface area contributed by atoms with Gasteiger partial charge >= 0.3 is 5.97 Å². The van der Waals surface area contributed by atoms with Crippen LogP contribution in [0, 0.1) is 0 Å². The first kappa shape index (κ1) is 10.2. The molecule has 1 N–H and O–H groups in total. The molecule has 6 heteroatoms. The predicted octanol–water partition coefficient (Wildman–Crippen LogP) is -0.423. The third-order valence-electron chi connectivity index (χ3n) is 1.64. The zero-order chi connectivity index (χ0) is 10.7. The standard InChI is InChI=1S/C8H11N3O3/c1-10-3-6(9-5-10)8(14)11(2)4-7(12)13/h3,5H,4H2,1-2H3,(H,12,13). The largest absolute Gasteiger partial charge is 0.480 e. The molecule has 0 spiro atoms. The summed E-state index contributed by atoms with van der Waals surface area (Å²) in [7, 11) is 3.16. The first-order valence-corrected chi connectivity index (χ1v) is 3.96. The fraction of sp³-hybridized carbons (Fsp3) is 0.375. The number of carbonyl (C=O) groups excluding carboxylic acids is 1. The van der Waals surface area contributed by atoms with Crippen molar-refractivity contribution in [2.24, 2.45) is 7.05 Å². The second kappa shape index (κ2) is 3.91. The summed E-state index contributed by atoms with van der Waals surface area (Å²) in [5.41, 5.74) is 0.247. The van der Waals surface area contributed by atoms with Gasteiger partial charge in [0, 0.05) is 20.3 Å². The number of aliphatic carboxylic acids is 1. The van der Waals surface area contributed by atoms with Gasteiger partial charge in [-0.05, 0) is 0 Å². The molecular weight excluding hydrogens is 186 g/mol. The van der Waals surface area contributed by atoms with Crippen molar-refractivity contribution in [3.8, 4) is 0 Å². The SMILES string of the molecule is CN(CC(=O)O)C(=O)c1cn(C)cn1. The normalized spacial score (nSPS) is 9.86. The van der Waals surface area contributed by atoms with Gasteiger partial charge in [0.1, 0.15) is 12.2 Å². The molecule has 6 nitrogen and oxygen atoms in total. The summed E-state index contributed by atoms with van der Waals surface area (Å²) < 4.78 is 1.63. The van der Waals surface area contributed by atoms with Crippen molar-refractivity contribution in [3.63, 3.8) is 0 Å². The molecule has 0 atom stereocenters. The molecule has 0 saturated carbocycles. The molecule has 0 aromatic carbocycles. The number of aryl methyl sites for hydroxylation is 1. The first-order chi connectivity index (χ1) is 6.50. The van der Waals surface area contributed by atoms with Gasteiger partial charge in [-0.15, -0.1) is 0 Å². The molecular formula is C8H11N3O3. The highest BCUT2D eigenvalue weighted by Crippen LogP contribution is 1.99. The number of likely N-dealkylation sites (N-methyl/N-ethyl adjacent to an activating group) is 1. The Labute approximate surface area is 80.8 Å². The number of aromatic nitrogens is 2. The highest BCUT2D eigenvalue weighted by atomic mass is 16.4. The summed E-state index contributed by atoms with van der Waals surface area (Å²) in [6.45, 7) is -0.324. The van der Waals surface area contributed by atoms with Crippen LogP contribution in [0.25, 0.3) is 0 Å². The Balaban J connectivity index is 2.70. The van der Waals surface area contributed by atoms with E-state index in [0.717, 1.165) is 4.90 Å². The minimum atomic E-state index is -1.04. The lowest BCUT2D eigenvalue weighted by molar-refractivity contribution is -0.137. The van der Waals surface area contributed by atoms with Gasteiger partial charge in [-0.2, -0.15) is 0 Å². The molecule has 0 unspecified atom stereocenters. The van der Waals surface area contributed by atoms with Gasteiger partial charge in [0.15, 0.2) is 0 Å². The molecule has 0 bridgehead atoms. The molecule has 14 heavy (non-hydrogen) atoms. The number of rotatable bonds is 3. The number of imidazole rings is 1. The van der Waals surface area contributed by atoms with Crippen molar-refractivity contribution in [1.82, 2.24) is 14.5 Å². The molecule has 1 amide bonds. The predicted molar refractivity (Wildman–Crippen MR) is 47.8 cm³/mol. The lowest BCUT2D eigenvalue weighted by atomic mass is 10.4. The van der Waals surface area contributed by atoms with Crippen LogP contribution in [0.15, 0.2) is 12.5 Å². The number of carboxylic acids is 1. The summed E-state index contributed by atoms with van der Waals surface area (Å²) in [6, 6.07) is 0. The summed E-state index contributed by atoms with van der Waals surface area (Å²) in [4.78, 5) is 26.7. The molecule has 76 valence electrons. The van der Waals surface area contributed by atoms with Gasteiger partial charge in [0.2, 0.25) is 0 Å². The second-order valence-corrected chi connectivity index (χ2v) is 2.98. The second-order valence-electron chi connectivity index (χ2n) is 2.98. The molecule has 0 aliphatic carbocycles. The van der Waals surface area contributed by atoms with Crippen LogP contribution in [-0.2, 0) is 11.8 Å². The van der Waals surface area contributed by atoms with E-state index in [9.17, 15) is 9.59 Å². The van der Waals surface area contributed by atoms with Crippen LogP contribution in [0.2, 0.25) is 0 Å². The molecule has 0 saturated heterocycles. The number of amides is 1. The van der Waals surface area contributed by atoms with Gasteiger partial charge in [-0.1, -0.05) is 0 Å². The van der Waals surface area contributed by atoms with Crippen LogP contribution in [0.3, 0.4) is 0 Å². The third kappa shape index (κ3) is 2.32. The molecule has 1 aromatic heterocycles. The van der Waals surface area contributed by atoms with Gasteiger partial charge in [0.05, 0.1) is 6.33 Å². The Bertz CT molecular complexity index is 358. The summed E-state index contributed by atoms with van der Waals surface area (Å²) in [6.07, 6.45) is 3.03. The van der Waals surface area contributed by atoms with Gasteiger partial charge < -0.3 is 14.6 Å². The average Bonchev–Trinajstić information content (AvgIpc) is 2.49. The number of nitrogens with zero attached hydrogens (tertiary/aromatic N) is 3. The molecule has 0 radical (unpaired) electrons. The van der Waals surface area contributed by atoms with Crippen molar-refractivity contribution >= 4 is 11.9 Å². The van der Waals surface area contributed by atoms with E-state index in [1.807, 2.05) is 0 Å². The summed E-state index contributed by atoms with van der Waals surface area (Å²) >= 11 is 0. The minimum absolute atomic E-state index is 0.247. The van der Waals surface area contributed by atoms with Crippen LogP contribution >= 0.6 is 0 Å². The Kier molecular flexibility index (Phi) is 2.85. The first-order valence-electron chi connectivity index (χ1n) is 3.96. The lowest BCUT2D eigenvalue weighted by Crippen LogP contribution is -2.32. The van der Waals surface area contributed by atoms with Crippen molar-refractivity contribution in [3.05, 3.63) is 18.2 Å². The van der Waals surface area contributed by atoms with E-state index in [1.54, 1.807) is 17.8 Å². The fourth-order valence-electron chi connectivity index (χ4n) is 0.994. The van der Waals surface area contributed by atoms with Gasteiger partial charge in [-0.25, -0.2) is 4.98 Å². The van der Waals surface area contributed by atoms with Crippen LogP contribution in [-0.4, -0.2) is 45.0 Å². The zero-order valence-electron chi connectivity index (χ0n) is 7.97. The van der Waals surface area contributed by atoms with E-state index < -0.39 is 11.9 Å². The van der Waals surface area contributed by atoms with E-state index in [-0.39, 0.29) is 12.2 Å². The maximum Gasteiger partial charge on any atom is 0.323 e. The molecule has 1 rings (SSSR count). The summed E-state index contributed by atoms with van der Waals surface area (Å²) in [5, 5.41) is 8.47. The molecule has 1 aromatic rings. The van der Waals surface area contributed by atoms with Crippen LogP contribution in [0.5, 0.6) is 0 Å². The maximum atomic E-state index is 11.5.